The summed E-state index contributed by atoms with van der Waals surface area (Å²) >= 11 is 21.5. The van der Waals surface area contributed by atoms with E-state index in [-0.39, 0.29) is 6.42 Å². The minimum absolute atomic E-state index is 0.367. The highest BCUT2D eigenvalue weighted by atomic mass is 35.7. The fraction of sp³-hybridized carbons (Fsp3) is 0.833. The molecule has 0 saturated carbocycles. The minimum Gasteiger partial charge on any atom is -0.379 e. The quantitative estimate of drug-likeness (QED) is 0.451. The summed E-state index contributed by atoms with van der Waals surface area (Å²) in [7, 11) is 1.21. The van der Waals surface area contributed by atoms with Crippen molar-refractivity contribution in [2.24, 2.45) is 0 Å². The zero-order valence-electron chi connectivity index (χ0n) is 8.75. The molecule has 0 bridgehead atoms. The smallest absolute Gasteiger partial charge is 0.379 e. The molecule has 0 rings (SSSR count). The van der Waals surface area contributed by atoms with E-state index in [0.717, 1.165) is 0 Å². The van der Waals surface area contributed by atoms with Crippen LogP contribution in [0.2, 0.25) is 0 Å². The summed E-state index contributed by atoms with van der Waals surface area (Å²) < 4.78 is 13.1. The van der Waals surface area contributed by atoms with Crippen LogP contribution in [-0.2, 0) is 18.7 Å². The molecule has 1 unspecified atom stereocenters. The standard InChI is InChI=1S/C6H10Cl4NO5P/c1-5(11-15-2,3-6(7,8)9)4(12)16-17(10,13)14/h11H,3H2,1-2H3,(H,13,14)/t5-/m1/s1. The monoisotopic (exact) mass is 347 g/mol. The Kier molecular flexibility index (Phi) is 6.53. The molecule has 0 saturated heterocycles. The summed E-state index contributed by atoms with van der Waals surface area (Å²) in [4.78, 5) is 24.9. The van der Waals surface area contributed by atoms with Crippen LogP contribution in [0.5, 0.6) is 0 Å². The Morgan fingerprint density at radius 1 is 1.47 bits per heavy atom. The van der Waals surface area contributed by atoms with Crippen molar-refractivity contribution >= 4 is 59.0 Å². The lowest BCUT2D eigenvalue weighted by atomic mass is 10.0. The first-order valence-electron chi connectivity index (χ1n) is 4.03. The zero-order valence-corrected chi connectivity index (χ0v) is 12.7. The van der Waals surface area contributed by atoms with E-state index in [2.05, 4.69) is 14.8 Å². The van der Waals surface area contributed by atoms with Gasteiger partial charge >= 0.3 is 12.9 Å². The fourth-order valence-corrected chi connectivity index (χ4v) is 2.37. The lowest BCUT2D eigenvalue weighted by Crippen LogP contribution is -2.51. The highest BCUT2D eigenvalue weighted by Crippen LogP contribution is 2.49. The van der Waals surface area contributed by atoms with Gasteiger partial charge in [-0.05, 0) is 6.92 Å². The highest BCUT2D eigenvalue weighted by Gasteiger charge is 2.44. The van der Waals surface area contributed by atoms with Crippen LogP contribution in [-0.4, -0.2) is 27.3 Å². The number of carbonyl (C=O) groups is 1. The number of rotatable bonds is 5. The fourth-order valence-electron chi connectivity index (χ4n) is 0.979. The lowest BCUT2D eigenvalue weighted by molar-refractivity contribution is -0.148. The van der Waals surface area contributed by atoms with Gasteiger partial charge in [0.25, 0.3) is 0 Å². The van der Waals surface area contributed by atoms with E-state index in [1.807, 2.05) is 0 Å². The summed E-state index contributed by atoms with van der Waals surface area (Å²) in [5, 5.41) is 0. The van der Waals surface area contributed by atoms with Gasteiger partial charge in [-0.3, -0.25) is 0 Å². The molecule has 0 aliphatic carbocycles. The number of hydroxylamine groups is 1. The van der Waals surface area contributed by atoms with Gasteiger partial charge in [0.1, 0.15) is 5.54 Å². The van der Waals surface area contributed by atoms with Gasteiger partial charge in [0.05, 0.1) is 7.11 Å². The van der Waals surface area contributed by atoms with E-state index in [4.69, 9.17) is 50.9 Å². The maximum Gasteiger partial charge on any atom is 0.476 e. The van der Waals surface area contributed by atoms with Crippen molar-refractivity contribution in [3.63, 3.8) is 0 Å². The third kappa shape index (κ3) is 7.70. The molecule has 0 radical (unpaired) electrons. The van der Waals surface area contributed by atoms with Crippen molar-refractivity contribution in [2.45, 2.75) is 22.7 Å². The summed E-state index contributed by atoms with van der Waals surface area (Å²) in [6.07, 6.45) is -0.367. The number of hydrogen-bond donors (Lipinski definition) is 2. The molecule has 2 N–H and O–H groups in total. The molecule has 0 fully saturated rings. The van der Waals surface area contributed by atoms with E-state index < -0.39 is 22.2 Å². The molecule has 17 heavy (non-hydrogen) atoms. The molecule has 0 amide bonds. The molecule has 11 heteroatoms. The molecule has 0 aromatic carbocycles. The van der Waals surface area contributed by atoms with Crippen molar-refractivity contribution in [1.82, 2.24) is 5.48 Å². The largest absolute Gasteiger partial charge is 0.476 e. The molecule has 0 aliphatic rings. The topological polar surface area (TPSA) is 84.9 Å². The van der Waals surface area contributed by atoms with E-state index in [0.29, 0.717) is 0 Å². The Hall–Kier alpha value is 0.740. The van der Waals surface area contributed by atoms with Crippen LogP contribution in [0.1, 0.15) is 13.3 Å². The van der Waals surface area contributed by atoms with E-state index in [9.17, 15) is 9.36 Å². The average Bonchev–Trinajstić information content (AvgIpc) is 1.96. The Morgan fingerprint density at radius 3 is 2.24 bits per heavy atom. The van der Waals surface area contributed by atoms with E-state index in [1.54, 1.807) is 0 Å². The number of alkyl halides is 3. The number of halogens is 4. The number of hydrogen-bond acceptors (Lipinski definition) is 5. The van der Waals surface area contributed by atoms with Crippen LogP contribution < -0.4 is 5.48 Å². The molecule has 6 nitrogen and oxygen atoms in total. The Balaban J connectivity index is 4.94. The molecule has 0 spiro atoms. The normalized spacial score (nSPS) is 19.2. The van der Waals surface area contributed by atoms with Gasteiger partial charge in [-0.1, -0.05) is 34.8 Å². The van der Waals surface area contributed by atoms with Gasteiger partial charge in [-0.2, -0.15) is 5.48 Å². The zero-order chi connectivity index (χ0) is 13.9. The summed E-state index contributed by atoms with van der Waals surface area (Å²) in [6.45, 7) is -3.25. The SMILES string of the molecule is CON[C@](C)(CC(Cl)(Cl)Cl)C(=O)OP(=O)(O)Cl. The molecule has 0 aliphatic heterocycles. The van der Waals surface area contributed by atoms with Gasteiger partial charge < -0.3 is 14.3 Å². The second-order valence-electron chi connectivity index (χ2n) is 3.26. The average molecular weight is 349 g/mol. The van der Waals surface area contributed by atoms with Crippen molar-refractivity contribution in [3.05, 3.63) is 0 Å². The second-order valence-corrected chi connectivity index (χ2v) is 8.14. The van der Waals surface area contributed by atoms with Gasteiger partial charge in [0, 0.05) is 17.7 Å². The highest BCUT2D eigenvalue weighted by molar-refractivity contribution is 7.80. The molecule has 102 valence electrons. The summed E-state index contributed by atoms with van der Waals surface area (Å²) in [5.41, 5.74) is 0.574. The van der Waals surface area contributed by atoms with Crippen LogP contribution in [0.15, 0.2) is 0 Å². The number of carbonyl (C=O) groups excluding carboxylic acids is 1. The van der Waals surface area contributed by atoms with Gasteiger partial charge in [0.2, 0.25) is 0 Å². The van der Waals surface area contributed by atoms with Gasteiger partial charge in [-0.15, -0.1) is 0 Å². The van der Waals surface area contributed by atoms with Crippen LogP contribution in [0.4, 0.5) is 0 Å². The second kappa shape index (κ2) is 6.26. The molecule has 2 atom stereocenters. The first kappa shape index (κ1) is 17.7. The third-order valence-corrected chi connectivity index (χ3v) is 2.53. The molecule has 0 heterocycles. The molecule has 0 aromatic rings. The van der Waals surface area contributed by atoms with Crippen LogP contribution in [0.25, 0.3) is 0 Å². The summed E-state index contributed by atoms with van der Waals surface area (Å²) in [5.74, 6) is -1.19. The molecular formula is C6H10Cl4NO5P. The predicted octanol–water partition coefficient (Wildman–Crippen LogP) is 2.54. The third-order valence-electron chi connectivity index (χ3n) is 1.53. The first-order valence-corrected chi connectivity index (χ1v) is 7.65. The maximum atomic E-state index is 11.6. The van der Waals surface area contributed by atoms with Crippen molar-refractivity contribution < 1.29 is 23.6 Å². The van der Waals surface area contributed by atoms with Crippen LogP contribution in [0, 0.1) is 0 Å². The molecular weight excluding hydrogens is 339 g/mol. The van der Waals surface area contributed by atoms with Crippen molar-refractivity contribution in [3.8, 4) is 0 Å². The van der Waals surface area contributed by atoms with E-state index in [1.165, 1.54) is 14.0 Å². The van der Waals surface area contributed by atoms with Gasteiger partial charge in [0.15, 0.2) is 3.79 Å². The Bertz CT molecular complexity index is 329. The maximum absolute atomic E-state index is 11.6. The van der Waals surface area contributed by atoms with Gasteiger partial charge in [-0.25, -0.2) is 9.36 Å². The molecule has 0 aromatic heterocycles. The summed E-state index contributed by atoms with van der Waals surface area (Å²) in [6, 6.07) is 0. The van der Waals surface area contributed by atoms with Crippen molar-refractivity contribution in [1.29, 1.82) is 0 Å². The van der Waals surface area contributed by atoms with Crippen LogP contribution in [0.3, 0.4) is 0 Å². The minimum atomic E-state index is -4.51. The van der Waals surface area contributed by atoms with Crippen LogP contribution >= 0.6 is 53.0 Å². The van der Waals surface area contributed by atoms with Crippen molar-refractivity contribution in [2.75, 3.05) is 7.11 Å². The Labute approximate surface area is 118 Å². The first-order chi connectivity index (χ1) is 7.40. The predicted molar refractivity (Wildman–Crippen MR) is 65.2 cm³/mol. The number of nitrogens with one attached hydrogen (secondary N) is 1. The lowest BCUT2D eigenvalue weighted by Gasteiger charge is -2.29. The van der Waals surface area contributed by atoms with E-state index >= 15 is 0 Å². The Morgan fingerprint density at radius 2 is 1.94 bits per heavy atom.